The van der Waals surface area contributed by atoms with E-state index < -0.39 is 27.1 Å². The molecule has 0 aromatic heterocycles. The van der Waals surface area contributed by atoms with E-state index in [9.17, 15) is 19.2 Å². The van der Waals surface area contributed by atoms with E-state index in [1.807, 2.05) is 0 Å². The van der Waals surface area contributed by atoms with E-state index in [4.69, 9.17) is 9.16 Å². The van der Waals surface area contributed by atoms with Crippen LogP contribution in [0.2, 0.25) is 13.1 Å². The molecule has 3 amide bonds. The molecule has 9 nitrogen and oxygen atoms in total. The second-order valence-electron chi connectivity index (χ2n) is 10.9. The van der Waals surface area contributed by atoms with Gasteiger partial charge in [-0.25, -0.2) is 4.79 Å². The van der Waals surface area contributed by atoms with E-state index in [0.717, 1.165) is 0 Å². The van der Waals surface area contributed by atoms with Crippen LogP contribution < -0.4 is 5.32 Å². The number of rotatable bonds is 10. The number of hydrogen-bond donors (Lipinski definition) is 1. The lowest BCUT2D eigenvalue weighted by molar-refractivity contribution is -0.143. The largest absolute Gasteiger partial charge is 0.445 e. The summed E-state index contributed by atoms with van der Waals surface area (Å²) in [5.41, 5.74) is -0.157. The van der Waals surface area contributed by atoms with E-state index in [0.29, 0.717) is 6.61 Å². The number of nitrogens with one attached hydrogen (secondary N) is 1. The minimum absolute atomic E-state index is 0.00836. The highest BCUT2D eigenvalue weighted by Crippen LogP contribution is 2.39. The van der Waals surface area contributed by atoms with Gasteiger partial charge in [0.2, 0.25) is 11.8 Å². The van der Waals surface area contributed by atoms with Gasteiger partial charge >= 0.3 is 6.09 Å². The summed E-state index contributed by atoms with van der Waals surface area (Å²) in [6.07, 6.45) is 1.24. The van der Waals surface area contributed by atoms with Gasteiger partial charge in [-0.1, -0.05) is 33.4 Å². The zero-order valence-electron chi connectivity index (χ0n) is 21.6. The zero-order chi connectivity index (χ0) is 25.8. The Labute approximate surface area is 204 Å². The number of Topliss-reactive ketones (excluding diaryl/α,β-unsaturated/α-hetero) is 1. The smallest absolute Gasteiger partial charge is 0.410 e. The van der Waals surface area contributed by atoms with Gasteiger partial charge in [-0.3, -0.25) is 19.3 Å². The molecule has 34 heavy (non-hydrogen) atoms. The van der Waals surface area contributed by atoms with Gasteiger partial charge in [0.25, 0.3) is 0 Å². The number of β-lactam (4-membered cyclic amide) rings is 1. The van der Waals surface area contributed by atoms with Crippen LogP contribution in [0.1, 0.15) is 33.6 Å². The van der Waals surface area contributed by atoms with Crippen LogP contribution in [0.15, 0.2) is 12.7 Å². The highest BCUT2D eigenvalue weighted by atomic mass is 28.3. The Kier molecular flexibility index (Phi) is 9.47. The molecule has 0 radical (unpaired) electrons. The molecule has 0 spiro atoms. The molecule has 2 aliphatic rings. The van der Waals surface area contributed by atoms with Crippen LogP contribution in [0.25, 0.3) is 0 Å². The fraction of sp³-hybridized carbons (Fsp3) is 0.750. The number of carbonyl (C=O) groups excluding carboxylic acids is 4. The van der Waals surface area contributed by atoms with E-state index in [1.54, 1.807) is 14.1 Å². The first-order chi connectivity index (χ1) is 15.8. The summed E-state index contributed by atoms with van der Waals surface area (Å²) >= 11 is 0. The molecular weight excluding hydrogens is 454 g/mol. The molecule has 5 atom stereocenters. The highest BCUT2D eigenvalue weighted by Gasteiger charge is 2.50. The summed E-state index contributed by atoms with van der Waals surface area (Å²) in [4.78, 5) is 53.8. The van der Waals surface area contributed by atoms with Crippen LogP contribution >= 0.6 is 0 Å². The highest BCUT2D eigenvalue weighted by molar-refractivity contribution is 6.48. The molecule has 192 valence electrons. The van der Waals surface area contributed by atoms with Crippen LogP contribution in [0, 0.1) is 23.2 Å². The van der Waals surface area contributed by atoms with Gasteiger partial charge in [-0.15, -0.1) is 0 Å². The average Bonchev–Trinajstić information content (AvgIpc) is 3.18. The van der Waals surface area contributed by atoms with Crippen molar-refractivity contribution in [3.05, 3.63) is 12.7 Å². The Bertz CT molecular complexity index is 794. The maximum atomic E-state index is 13.3. The normalized spacial score (nSPS) is 25.4. The fourth-order valence-corrected chi connectivity index (χ4v) is 5.28. The van der Waals surface area contributed by atoms with Crippen LogP contribution in [0.4, 0.5) is 4.79 Å². The predicted octanol–water partition coefficient (Wildman–Crippen LogP) is 1.82. The number of likely N-dealkylation sites (N-methyl/N-ethyl adjacent to an activating group) is 1. The van der Waals surface area contributed by atoms with Gasteiger partial charge < -0.3 is 19.4 Å². The second-order valence-corrected chi connectivity index (χ2v) is 13.3. The van der Waals surface area contributed by atoms with Gasteiger partial charge in [-0.05, 0) is 30.8 Å². The SMILES string of the molecule is C=CCOC(=O)N1CC(C(=O)C[C@H]2NC(=O)[C@H]2[C@@H](CO[SiH](C)C)C(C)(C)C)C[C@H]1C(=O)N(C)C. The third-order valence-corrected chi connectivity index (χ3v) is 7.54. The summed E-state index contributed by atoms with van der Waals surface area (Å²) < 4.78 is 11.1. The Morgan fingerprint density at radius 1 is 1.29 bits per heavy atom. The zero-order valence-corrected chi connectivity index (χ0v) is 22.8. The summed E-state index contributed by atoms with van der Waals surface area (Å²) in [6, 6.07) is -1.02. The first-order valence-electron chi connectivity index (χ1n) is 12.0. The molecule has 2 fully saturated rings. The number of amides is 3. The molecule has 10 heteroatoms. The number of carbonyl (C=O) groups is 4. The molecule has 0 aromatic rings. The maximum Gasteiger partial charge on any atom is 0.410 e. The van der Waals surface area contributed by atoms with Crippen LogP contribution in [-0.2, 0) is 23.5 Å². The molecule has 0 saturated carbocycles. The lowest BCUT2D eigenvalue weighted by Gasteiger charge is -2.46. The van der Waals surface area contributed by atoms with Crippen molar-refractivity contribution < 1.29 is 28.3 Å². The molecule has 2 saturated heterocycles. The number of hydrogen-bond acceptors (Lipinski definition) is 6. The van der Waals surface area contributed by atoms with Gasteiger partial charge in [0.15, 0.2) is 9.04 Å². The summed E-state index contributed by atoms with van der Waals surface area (Å²) in [5.74, 6) is -1.15. The molecule has 2 heterocycles. The molecule has 0 aromatic carbocycles. The molecule has 2 rings (SSSR count). The first-order valence-corrected chi connectivity index (χ1v) is 14.8. The number of nitrogens with zero attached hydrogens (tertiary/aromatic N) is 2. The van der Waals surface area contributed by atoms with E-state index in [2.05, 4.69) is 45.8 Å². The van der Waals surface area contributed by atoms with Crippen molar-refractivity contribution in [1.29, 1.82) is 0 Å². The van der Waals surface area contributed by atoms with Gasteiger partial charge in [0, 0.05) is 45.6 Å². The minimum atomic E-state index is -1.26. The van der Waals surface area contributed by atoms with Crippen LogP contribution in [-0.4, -0.2) is 88.5 Å². The summed E-state index contributed by atoms with van der Waals surface area (Å²) in [6.45, 7) is 14.7. The minimum Gasteiger partial charge on any atom is -0.445 e. The monoisotopic (exact) mass is 495 g/mol. The first kappa shape index (κ1) is 28.0. The third-order valence-electron chi connectivity index (χ3n) is 6.68. The van der Waals surface area contributed by atoms with E-state index >= 15 is 0 Å². The number of ether oxygens (including phenoxy) is 1. The Hall–Kier alpha value is -2.20. The predicted molar refractivity (Wildman–Crippen MR) is 132 cm³/mol. The lowest BCUT2D eigenvalue weighted by Crippen LogP contribution is -2.64. The summed E-state index contributed by atoms with van der Waals surface area (Å²) in [5, 5.41) is 2.91. The van der Waals surface area contributed by atoms with Crippen LogP contribution in [0.3, 0.4) is 0 Å². The topological polar surface area (TPSA) is 105 Å². The van der Waals surface area contributed by atoms with Gasteiger partial charge in [0.05, 0.1) is 5.92 Å². The van der Waals surface area contributed by atoms with Gasteiger partial charge in [0.1, 0.15) is 18.4 Å². The Morgan fingerprint density at radius 3 is 2.44 bits per heavy atom. The summed E-state index contributed by atoms with van der Waals surface area (Å²) in [7, 11) is 1.98. The molecule has 0 aliphatic carbocycles. The van der Waals surface area contributed by atoms with Crippen molar-refractivity contribution in [3.63, 3.8) is 0 Å². The number of likely N-dealkylation sites (tertiary alicyclic amines) is 1. The van der Waals surface area contributed by atoms with Gasteiger partial charge in [-0.2, -0.15) is 0 Å². The Balaban J connectivity index is 2.12. The Morgan fingerprint density at radius 2 is 1.94 bits per heavy atom. The molecular formula is C24H41N3O6Si. The fourth-order valence-electron chi connectivity index (χ4n) is 4.68. The van der Waals surface area contributed by atoms with E-state index in [-0.39, 0.29) is 66.9 Å². The molecule has 1 N–H and O–H groups in total. The van der Waals surface area contributed by atoms with Crippen molar-refractivity contribution in [2.45, 2.75) is 58.8 Å². The van der Waals surface area contributed by atoms with E-state index in [1.165, 1.54) is 15.9 Å². The lowest BCUT2D eigenvalue weighted by atomic mass is 9.66. The number of ketones is 1. The van der Waals surface area contributed by atoms with Crippen LogP contribution in [0.5, 0.6) is 0 Å². The quantitative estimate of drug-likeness (QED) is 0.282. The second kappa shape index (κ2) is 11.5. The van der Waals surface area contributed by atoms with Crippen molar-refractivity contribution >= 4 is 32.7 Å². The van der Waals surface area contributed by atoms with Crippen molar-refractivity contribution in [2.24, 2.45) is 23.2 Å². The third kappa shape index (κ3) is 6.68. The standard InChI is InChI=1S/C24H41N3O6Si/c1-9-10-32-23(31)27-13-15(11-18(27)22(30)26(5)6)19(28)12-17-20(21(29)25-17)16(24(2,3)4)14-33-34(7)8/h9,15-18,20,34H,1,10-14H2,2-8H3,(H,25,29)/t15?,16-,17-,18+,20+/m1/s1. The van der Waals surface area contributed by atoms with Crippen molar-refractivity contribution in [2.75, 3.05) is 33.9 Å². The maximum absolute atomic E-state index is 13.3. The molecule has 1 unspecified atom stereocenters. The molecule has 0 bridgehead atoms. The average molecular weight is 496 g/mol. The van der Waals surface area contributed by atoms with Crippen molar-refractivity contribution in [3.8, 4) is 0 Å². The van der Waals surface area contributed by atoms with Crippen molar-refractivity contribution in [1.82, 2.24) is 15.1 Å². The molecule has 2 aliphatic heterocycles.